The van der Waals surface area contributed by atoms with Gasteiger partial charge in [-0.2, -0.15) is 0 Å². The summed E-state index contributed by atoms with van der Waals surface area (Å²) in [4.78, 5) is 44.8. The van der Waals surface area contributed by atoms with Crippen LogP contribution < -0.4 is 9.64 Å². The predicted molar refractivity (Wildman–Crippen MR) is 138 cm³/mol. The smallest absolute Gasteiger partial charge is 0.338 e. The number of aliphatic hydroxyl groups is 1. The van der Waals surface area contributed by atoms with Gasteiger partial charge in [0.05, 0.1) is 29.5 Å². The number of anilines is 1. The number of hydrogen-bond acceptors (Lipinski definition) is 7. The maximum absolute atomic E-state index is 13.3. The number of ketones is 1. The predicted octanol–water partition coefficient (Wildman–Crippen LogP) is 5.06. The maximum atomic E-state index is 13.3. The summed E-state index contributed by atoms with van der Waals surface area (Å²) in [6, 6.07) is 17.1. The fourth-order valence-corrected chi connectivity index (χ4v) is 4.07. The average Bonchev–Trinajstić information content (AvgIpc) is 3.17. The van der Waals surface area contributed by atoms with Crippen molar-refractivity contribution in [3.8, 4) is 5.75 Å². The second-order valence-corrected chi connectivity index (χ2v) is 8.80. The van der Waals surface area contributed by atoms with E-state index in [1.165, 1.54) is 11.0 Å². The number of carbonyl (C=O) groups is 3. The number of hydrogen-bond donors (Lipinski definition) is 1. The van der Waals surface area contributed by atoms with Gasteiger partial charge in [0.1, 0.15) is 17.6 Å². The van der Waals surface area contributed by atoms with Gasteiger partial charge in [-0.15, -0.1) is 0 Å². The molecule has 1 N–H and O–H groups in total. The first-order chi connectivity index (χ1) is 17.8. The Morgan fingerprint density at radius 1 is 1.03 bits per heavy atom. The van der Waals surface area contributed by atoms with Gasteiger partial charge < -0.3 is 14.6 Å². The first-order valence-corrected chi connectivity index (χ1v) is 12.1. The van der Waals surface area contributed by atoms with Crippen molar-refractivity contribution >= 4 is 29.1 Å². The summed E-state index contributed by atoms with van der Waals surface area (Å²) in [6.07, 6.45) is 2.08. The number of rotatable bonds is 8. The zero-order chi connectivity index (χ0) is 26.5. The van der Waals surface area contributed by atoms with Crippen molar-refractivity contribution in [3.63, 3.8) is 0 Å². The van der Waals surface area contributed by atoms with Crippen LogP contribution in [0.3, 0.4) is 0 Å². The molecule has 4 rings (SSSR count). The van der Waals surface area contributed by atoms with Crippen LogP contribution in [-0.2, 0) is 14.3 Å². The first-order valence-electron chi connectivity index (χ1n) is 12.1. The van der Waals surface area contributed by atoms with E-state index >= 15 is 0 Å². The van der Waals surface area contributed by atoms with Crippen molar-refractivity contribution < 1.29 is 29.0 Å². The van der Waals surface area contributed by atoms with Crippen molar-refractivity contribution in [2.75, 3.05) is 11.5 Å². The second-order valence-electron chi connectivity index (χ2n) is 8.80. The molecule has 1 aromatic heterocycles. The summed E-state index contributed by atoms with van der Waals surface area (Å²) in [5.41, 5.74) is 1.19. The molecule has 0 spiro atoms. The van der Waals surface area contributed by atoms with Crippen LogP contribution in [0.15, 0.2) is 78.5 Å². The molecule has 0 radical (unpaired) electrons. The molecule has 1 amide bonds. The molecule has 3 aromatic rings. The maximum Gasteiger partial charge on any atom is 0.338 e. The van der Waals surface area contributed by atoms with Crippen molar-refractivity contribution in [1.29, 1.82) is 0 Å². The zero-order valence-corrected chi connectivity index (χ0v) is 20.9. The molecule has 2 heterocycles. The van der Waals surface area contributed by atoms with Crippen LogP contribution in [-0.4, -0.2) is 40.5 Å². The normalized spacial score (nSPS) is 16.8. The third-order valence-corrected chi connectivity index (χ3v) is 5.72. The molecule has 1 saturated heterocycles. The van der Waals surface area contributed by atoms with Gasteiger partial charge in [-0.25, -0.2) is 4.79 Å². The lowest BCUT2D eigenvalue weighted by atomic mass is 9.98. The van der Waals surface area contributed by atoms with Crippen LogP contribution in [0.5, 0.6) is 5.75 Å². The number of nitrogens with zero attached hydrogens (tertiary/aromatic N) is 2. The third kappa shape index (κ3) is 5.38. The second kappa shape index (κ2) is 11.1. The standard InChI is InChI=1S/C29H28N2O6/c1-4-16-36-22-13-11-19(12-14-22)26(32)24-25(23-10-5-6-15-30-23)31(28(34)27(24)33)21-9-7-8-20(17-21)29(35)37-18(2)3/h5-15,17-18,25,32H,4,16H2,1-3H3/b26-24+. The van der Waals surface area contributed by atoms with E-state index in [1.54, 1.807) is 80.7 Å². The molecule has 8 heteroatoms. The topological polar surface area (TPSA) is 106 Å². The minimum atomic E-state index is -1.01. The molecule has 2 aromatic carbocycles. The molecule has 0 aliphatic carbocycles. The number of Topliss-reactive ketones (excluding diaryl/α,β-unsaturated/α-hetero) is 1. The fourth-order valence-electron chi connectivity index (χ4n) is 4.07. The van der Waals surface area contributed by atoms with Crippen LogP contribution >= 0.6 is 0 Å². The Hall–Kier alpha value is -4.46. The van der Waals surface area contributed by atoms with Gasteiger partial charge in [0.25, 0.3) is 11.7 Å². The van der Waals surface area contributed by atoms with Gasteiger partial charge in [0, 0.05) is 17.4 Å². The summed E-state index contributed by atoms with van der Waals surface area (Å²) in [5, 5.41) is 11.3. The summed E-state index contributed by atoms with van der Waals surface area (Å²) in [7, 11) is 0. The molecule has 1 fully saturated rings. The van der Waals surface area contributed by atoms with Gasteiger partial charge in [-0.3, -0.25) is 19.5 Å². The van der Waals surface area contributed by atoms with Crippen molar-refractivity contribution in [2.24, 2.45) is 0 Å². The van der Waals surface area contributed by atoms with E-state index in [2.05, 4.69) is 4.98 Å². The van der Waals surface area contributed by atoms with Crippen LogP contribution in [0.1, 0.15) is 54.8 Å². The van der Waals surface area contributed by atoms with Crippen molar-refractivity contribution in [2.45, 2.75) is 39.3 Å². The summed E-state index contributed by atoms with van der Waals surface area (Å²) < 4.78 is 10.9. The minimum absolute atomic E-state index is 0.0962. The fraction of sp³-hybridized carbons (Fsp3) is 0.241. The van der Waals surface area contributed by atoms with Gasteiger partial charge in [-0.1, -0.05) is 19.1 Å². The van der Waals surface area contributed by atoms with E-state index in [9.17, 15) is 19.5 Å². The number of esters is 1. The van der Waals surface area contributed by atoms with E-state index in [1.807, 2.05) is 6.92 Å². The van der Waals surface area contributed by atoms with Crippen LogP contribution in [0, 0.1) is 0 Å². The lowest BCUT2D eigenvalue weighted by molar-refractivity contribution is -0.132. The number of aromatic nitrogens is 1. The van der Waals surface area contributed by atoms with Crippen LogP contribution in [0.4, 0.5) is 5.69 Å². The Morgan fingerprint density at radius 3 is 2.43 bits per heavy atom. The molecule has 0 saturated carbocycles. The van der Waals surface area contributed by atoms with E-state index in [0.717, 1.165) is 6.42 Å². The third-order valence-electron chi connectivity index (χ3n) is 5.72. The van der Waals surface area contributed by atoms with Gasteiger partial charge >= 0.3 is 5.97 Å². The zero-order valence-electron chi connectivity index (χ0n) is 20.9. The van der Waals surface area contributed by atoms with Gasteiger partial charge in [0.2, 0.25) is 0 Å². The Labute approximate surface area is 215 Å². The molecule has 1 aliphatic rings. The summed E-state index contributed by atoms with van der Waals surface area (Å²) in [6.45, 7) is 6.04. The quantitative estimate of drug-likeness (QED) is 0.199. The monoisotopic (exact) mass is 500 g/mol. The molecule has 37 heavy (non-hydrogen) atoms. The highest BCUT2D eigenvalue weighted by Crippen LogP contribution is 2.41. The summed E-state index contributed by atoms with van der Waals surface area (Å²) >= 11 is 0. The van der Waals surface area contributed by atoms with Gasteiger partial charge in [0.15, 0.2) is 0 Å². The van der Waals surface area contributed by atoms with Gasteiger partial charge in [-0.05, 0) is 74.9 Å². The van der Waals surface area contributed by atoms with Crippen LogP contribution in [0.25, 0.3) is 5.76 Å². The number of ether oxygens (including phenoxy) is 2. The largest absolute Gasteiger partial charge is 0.507 e. The van der Waals surface area contributed by atoms with E-state index in [4.69, 9.17) is 9.47 Å². The SMILES string of the molecule is CCCOc1ccc(/C(O)=C2\C(=O)C(=O)N(c3cccc(C(=O)OC(C)C)c3)C2c2ccccn2)cc1. The Kier molecular flexibility index (Phi) is 7.67. The lowest BCUT2D eigenvalue weighted by Crippen LogP contribution is -2.30. The molecule has 190 valence electrons. The van der Waals surface area contributed by atoms with Crippen molar-refractivity contribution in [3.05, 3.63) is 95.3 Å². The highest BCUT2D eigenvalue weighted by atomic mass is 16.5. The van der Waals surface area contributed by atoms with Crippen molar-refractivity contribution in [1.82, 2.24) is 4.98 Å². The number of aliphatic hydroxyl groups excluding tert-OH is 1. The summed E-state index contributed by atoms with van der Waals surface area (Å²) in [5.74, 6) is -1.93. The minimum Gasteiger partial charge on any atom is -0.507 e. The number of pyridine rings is 1. The Balaban J connectivity index is 1.81. The molecular weight excluding hydrogens is 472 g/mol. The van der Waals surface area contributed by atoms with E-state index < -0.39 is 23.7 Å². The number of carbonyl (C=O) groups excluding carboxylic acids is 3. The van der Waals surface area contributed by atoms with Crippen LogP contribution in [0.2, 0.25) is 0 Å². The molecule has 1 unspecified atom stereocenters. The molecular formula is C29H28N2O6. The highest BCUT2D eigenvalue weighted by Gasteiger charge is 2.47. The lowest BCUT2D eigenvalue weighted by Gasteiger charge is -2.25. The van der Waals surface area contributed by atoms with E-state index in [0.29, 0.717) is 29.3 Å². The molecule has 1 atom stereocenters. The molecule has 8 nitrogen and oxygen atoms in total. The number of benzene rings is 2. The van der Waals surface area contributed by atoms with E-state index in [-0.39, 0.29) is 23.0 Å². The first kappa shape index (κ1) is 25.6. The average molecular weight is 501 g/mol. The number of amides is 1. The highest BCUT2D eigenvalue weighted by molar-refractivity contribution is 6.51. The Bertz CT molecular complexity index is 1330. The Morgan fingerprint density at radius 2 is 1.78 bits per heavy atom. The molecule has 0 bridgehead atoms. The molecule has 1 aliphatic heterocycles.